The Kier molecular flexibility index (Phi) is 6.47. The van der Waals surface area contributed by atoms with E-state index in [-0.39, 0.29) is 5.91 Å². The van der Waals surface area contributed by atoms with Gasteiger partial charge in [-0.3, -0.25) is 9.69 Å². The summed E-state index contributed by atoms with van der Waals surface area (Å²) in [7, 11) is 1.58. The number of nitrogens with zero attached hydrogens (tertiary/aromatic N) is 1. The van der Waals surface area contributed by atoms with Crippen LogP contribution in [0.15, 0.2) is 45.8 Å². The molecule has 27 heavy (non-hydrogen) atoms. The molecule has 0 radical (unpaired) electrons. The highest BCUT2D eigenvalue weighted by atomic mass is 79.9. The van der Waals surface area contributed by atoms with Crippen LogP contribution in [0.25, 0.3) is 6.08 Å². The molecule has 0 unspecified atom stereocenters. The molecule has 8 heteroatoms. The molecule has 0 saturated carbocycles. The van der Waals surface area contributed by atoms with Crippen molar-refractivity contribution in [2.75, 3.05) is 18.6 Å². The van der Waals surface area contributed by atoms with Gasteiger partial charge >= 0.3 is 0 Å². The van der Waals surface area contributed by atoms with E-state index in [1.54, 1.807) is 37.5 Å². The molecule has 0 atom stereocenters. The number of methoxy groups -OCH3 is 1. The second-order valence-corrected chi connectivity index (χ2v) is 8.43. The Bertz CT molecular complexity index is 931. The monoisotopic (exact) mass is 483 g/mol. The van der Waals surface area contributed by atoms with Crippen molar-refractivity contribution in [1.29, 1.82) is 0 Å². The van der Waals surface area contributed by atoms with Crippen LogP contribution in [0.4, 0.5) is 5.69 Å². The molecule has 1 amide bonds. The predicted octanol–water partition coefficient (Wildman–Crippen LogP) is 5.92. The predicted molar refractivity (Wildman–Crippen MR) is 119 cm³/mol. The van der Waals surface area contributed by atoms with E-state index in [4.69, 9.17) is 33.3 Å². The first-order valence-electron chi connectivity index (χ1n) is 7.98. The van der Waals surface area contributed by atoms with Crippen molar-refractivity contribution in [3.05, 3.63) is 56.4 Å². The molecule has 1 aliphatic heterocycles. The molecule has 1 saturated heterocycles. The Balaban J connectivity index is 1.94. The Hall–Kier alpha value is -1.54. The van der Waals surface area contributed by atoms with Gasteiger partial charge in [-0.15, -0.1) is 0 Å². The summed E-state index contributed by atoms with van der Waals surface area (Å²) in [5, 5.41) is 0.603. The lowest BCUT2D eigenvalue weighted by Crippen LogP contribution is -2.27. The van der Waals surface area contributed by atoms with E-state index in [9.17, 15) is 4.79 Å². The number of thioether (sulfide) groups is 1. The molecule has 1 aliphatic rings. The van der Waals surface area contributed by atoms with Crippen LogP contribution in [0.3, 0.4) is 0 Å². The Labute approximate surface area is 180 Å². The van der Waals surface area contributed by atoms with Crippen LogP contribution in [0, 0.1) is 0 Å². The maximum absolute atomic E-state index is 12.9. The lowest BCUT2D eigenvalue weighted by Gasteiger charge is -2.14. The van der Waals surface area contributed by atoms with Gasteiger partial charge in [0.2, 0.25) is 0 Å². The van der Waals surface area contributed by atoms with Gasteiger partial charge in [-0.2, -0.15) is 0 Å². The summed E-state index contributed by atoms with van der Waals surface area (Å²) in [4.78, 5) is 14.9. The topological polar surface area (TPSA) is 38.8 Å². The summed E-state index contributed by atoms with van der Waals surface area (Å²) in [6.45, 7) is 2.43. The van der Waals surface area contributed by atoms with Gasteiger partial charge in [-0.05, 0) is 70.9 Å². The molecule has 1 heterocycles. The smallest absolute Gasteiger partial charge is 0.270 e. The summed E-state index contributed by atoms with van der Waals surface area (Å²) in [5.74, 6) is 1.05. The summed E-state index contributed by atoms with van der Waals surface area (Å²) < 4.78 is 12.2. The standard InChI is InChI=1S/C19H15BrClNO3S2/c1-3-25-17-14(20)8-11(9-15(17)24-2)10-16-18(23)22(19(26)27-16)13-6-4-12(21)5-7-13/h4-10H,3H2,1-2H3/b16-10-. The fraction of sp³-hybridized carbons (Fsp3) is 0.158. The summed E-state index contributed by atoms with van der Waals surface area (Å²) in [6.07, 6.45) is 1.79. The number of hydrogen-bond acceptors (Lipinski definition) is 5. The first-order chi connectivity index (χ1) is 12.9. The van der Waals surface area contributed by atoms with Gasteiger partial charge < -0.3 is 9.47 Å². The molecule has 3 rings (SSSR count). The highest BCUT2D eigenvalue weighted by Gasteiger charge is 2.33. The highest BCUT2D eigenvalue weighted by molar-refractivity contribution is 9.10. The van der Waals surface area contributed by atoms with Gasteiger partial charge in [-0.1, -0.05) is 35.6 Å². The van der Waals surface area contributed by atoms with Crippen LogP contribution in [0.2, 0.25) is 5.02 Å². The fourth-order valence-electron chi connectivity index (χ4n) is 2.54. The van der Waals surface area contributed by atoms with Crippen LogP contribution in [-0.2, 0) is 4.79 Å². The molecule has 2 aromatic rings. The number of carbonyl (C=O) groups is 1. The molecule has 0 aromatic heterocycles. The molecule has 0 spiro atoms. The minimum Gasteiger partial charge on any atom is -0.493 e. The maximum atomic E-state index is 12.9. The molecule has 2 aromatic carbocycles. The van der Waals surface area contributed by atoms with E-state index in [0.717, 1.165) is 10.0 Å². The number of thiocarbonyl (C=S) groups is 1. The van der Waals surface area contributed by atoms with Crippen LogP contribution < -0.4 is 14.4 Å². The average molecular weight is 485 g/mol. The third-order valence-electron chi connectivity index (χ3n) is 3.72. The van der Waals surface area contributed by atoms with Gasteiger partial charge in [0, 0.05) is 5.02 Å². The van der Waals surface area contributed by atoms with E-state index in [1.165, 1.54) is 16.7 Å². The van der Waals surface area contributed by atoms with Gasteiger partial charge in [0.05, 0.1) is 28.8 Å². The minimum absolute atomic E-state index is 0.170. The molecule has 0 bridgehead atoms. The molecule has 140 valence electrons. The average Bonchev–Trinajstić information content (AvgIpc) is 2.91. The maximum Gasteiger partial charge on any atom is 0.270 e. The summed E-state index contributed by atoms with van der Waals surface area (Å²) in [6, 6.07) is 10.7. The van der Waals surface area contributed by atoms with E-state index in [2.05, 4.69) is 15.9 Å². The van der Waals surface area contributed by atoms with Gasteiger partial charge in [0.1, 0.15) is 0 Å². The zero-order valence-corrected chi connectivity index (χ0v) is 18.5. The molecule has 0 N–H and O–H groups in total. The van der Waals surface area contributed by atoms with E-state index in [0.29, 0.717) is 38.0 Å². The van der Waals surface area contributed by atoms with Gasteiger partial charge in [0.15, 0.2) is 15.8 Å². The van der Waals surface area contributed by atoms with Crippen LogP contribution >= 0.6 is 51.5 Å². The molecule has 0 aliphatic carbocycles. The summed E-state index contributed by atoms with van der Waals surface area (Å²) in [5.41, 5.74) is 1.49. The zero-order valence-electron chi connectivity index (χ0n) is 14.5. The molecule has 4 nitrogen and oxygen atoms in total. The normalized spacial score (nSPS) is 15.6. The SMILES string of the molecule is CCOc1c(Br)cc(/C=C2\SC(=S)N(c3ccc(Cl)cc3)C2=O)cc1OC. The van der Waals surface area contributed by atoms with Gasteiger partial charge in [-0.25, -0.2) is 0 Å². The number of anilines is 1. The van der Waals surface area contributed by atoms with E-state index >= 15 is 0 Å². The number of benzene rings is 2. The van der Waals surface area contributed by atoms with Crippen molar-refractivity contribution in [3.63, 3.8) is 0 Å². The first kappa shape index (κ1) is 20.2. The van der Waals surface area contributed by atoms with E-state index < -0.39 is 0 Å². The lowest BCUT2D eigenvalue weighted by molar-refractivity contribution is -0.113. The molecular weight excluding hydrogens is 470 g/mol. The highest BCUT2D eigenvalue weighted by Crippen LogP contribution is 2.40. The molecular formula is C19H15BrClNO3S2. The largest absolute Gasteiger partial charge is 0.493 e. The van der Waals surface area contributed by atoms with Crippen LogP contribution in [-0.4, -0.2) is 23.9 Å². The third kappa shape index (κ3) is 4.32. The number of rotatable bonds is 5. The Morgan fingerprint density at radius 3 is 2.63 bits per heavy atom. The minimum atomic E-state index is -0.170. The number of hydrogen-bond donors (Lipinski definition) is 0. The van der Waals surface area contributed by atoms with Crippen molar-refractivity contribution in [2.45, 2.75) is 6.92 Å². The van der Waals surface area contributed by atoms with Crippen molar-refractivity contribution >= 4 is 73.5 Å². The summed E-state index contributed by atoms with van der Waals surface area (Å²) >= 11 is 16.1. The first-order valence-corrected chi connectivity index (χ1v) is 10.4. The Morgan fingerprint density at radius 2 is 2.00 bits per heavy atom. The second kappa shape index (κ2) is 8.65. The number of carbonyl (C=O) groups excluding carboxylic acids is 1. The number of ether oxygens (including phenoxy) is 2. The quantitative estimate of drug-likeness (QED) is 0.389. The second-order valence-electron chi connectivity index (χ2n) is 5.46. The van der Waals surface area contributed by atoms with Crippen molar-refractivity contribution in [3.8, 4) is 11.5 Å². The fourth-order valence-corrected chi connectivity index (χ4v) is 4.54. The van der Waals surface area contributed by atoms with Crippen LogP contribution in [0.5, 0.6) is 11.5 Å². The lowest BCUT2D eigenvalue weighted by atomic mass is 10.1. The number of halogens is 2. The number of amides is 1. The molecule has 1 fully saturated rings. The third-order valence-corrected chi connectivity index (χ3v) is 5.86. The van der Waals surface area contributed by atoms with E-state index in [1.807, 2.05) is 19.1 Å². The van der Waals surface area contributed by atoms with Gasteiger partial charge in [0.25, 0.3) is 5.91 Å². The Morgan fingerprint density at radius 1 is 1.30 bits per heavy atom. The van der Waals surface area contributed by atoms with Crippen molar-refractivity contribution in [2.24, 2.45) is 0 Å². The van der Waals surface area contributed by atoms with Crippen molar-refractivity contribution < 1.29 is 14.3 Å². The zero-order chi connectivity index (χ0) is 19.6. The van der Waals surface area contributed by atoms with Crippen molar-refractivity contribution in [1.82, 2.24) is 0 Å². The van der Waals surface area contributed by atoms with Crippen LogP contribution in [0.1, 0.15) is 12.5 Å².